The average molecular weight is 360 g/mol. The summed E-state index contributed by atoms with van der Waals surface area (Å²) >= 11 is 5.92. The van der Waals surface area contributed by atoms with Gasteiger partial charge in [0.15, 0.2) is 0 Å². The number of nitrogens with zero attached hydrogens (tertiary/aromatic N) is 2. The molecule has 23 heavy (non-hydrogen) atoms. The van der Waals surface area contributed by atoms with Crippen LogP contribution in [0.25, 0.3) is 0 Å². The van der Waals surface area contributed by atoms with E-state index in [2.05, 4.69) is 5.32 Å². The Bertz CT molecular complexity index is 532. The summed E-state index contributed by atoms with van der Waals surface area (Å²) in [6, 6.07) is 6.97. The Balaban J connectivity index is 0.00000264. The van der Waals surface area contributed by atoms with E-state index in [0.717, 1.165) is 13.0 Å². The van der Waals surface area contributed by atoms with Crippen LogP contribution in [-0.4, -0.2) is 61.4 Å². The number of benzene rings is 1. The summed E-state index contributed by atoms with van der Waals surface area (Å²) < 4.78 is 0. The molecular formula is C16H23Cl2N3O2. The molecule has 0 spiro atoms. The highest BCUT2D eigenvalue weighted by Gasteiger charge is 2.24. The molecule has 0 saturated carbocycles. The Kier molecular flexibility index (Phi) is 8.37. The quantitative estimate of drug-likeness (QED) is 0.818. The summed E-state index contributed by atoms with van der Waals surface area (Å²) in [6.45, 7) is 3.20. The summed E-state index contributed by atoms with van der Waals surface area (Å²) in [5, 5.41) is 3.60. The van der Waals surface area contributed by atoms with E-state index in [9.17, 15) is 9.59 Å². The molecule has 2 rings (SSSR count). The van der Waals surface area contributed by atoms with E-state index in [0.29, 0.717) is 43.2 Å². The lowest BCUT2D eigenvalue weighted by molar-refractivity contribution is -0.132. The first-order valence-electron chi connectivity index (χ1n) is 7.59. The molecule has 0 aromatic heterocycles. The zero-order valence-electron chi connectivity index (χ0n) is 13.3. The Hall–Kier alpha value is -1.30. The highest BCUT2D eigenvalue weighted by Crippen LogP contribution is 2.14. The van der Waals surface area contributed by atoms with E-state index in [1.807, 2.05) is 11.9 Å². The monoisotopic (exact) mass is 359 g/mol. The fourth-order valence-corrected chi connectivity index (χ4v) is 2.73. The lowest BCUT2D eigenvalue weighted by Crippen LogP contribution is -2.50. The number of carbonyl (C=O) groups excluding carboxylic acids is 2. The number of carbonyl (C=O) groups is 2. The molecule has 0 bridgehead atoms. The molecule has 1 heterocycles. The minimum Gasteiger partial charge on any atom is -0.339 e. The van der Waals surface area contributed by atoms with Gasteiger partial charge in [0.1, 0.15) is 0 Å². The zero-order chi connectivity index (χ0) is 15.9. The summed E-state index contributed by atoms with van der Waals surface area (Å²) in [6.07, 6.45) is 1.40. The van der Waals surface area contributed by atoms with E-state index in [-0.39, 0.29) is 24.2 Å². The minimum absolute atomic E-state index is 0. The van der Waals surface area contributed by atoms with Crippen LogP contribution in [0.1, 0.15) is 23.2 Å². The summed E-state index contributed by atoms with van der Waals surface area (Å²) in [4.78, 5) is 28.1. The molecule has 1 aromatic carbocycles. The number of hydrogen-bond donors (Lipinski definition) is 1. The molecule has 5 nitrogen and oxygen atoms in total. The maximum Gasteiger partial charge on any atom is 0.254 e. The fourth-order valence-electron chi connectivity index (χ4n) is 2.54. The molecule has 2 amide bonds. The number of amides is 2. The van der Waals surface area contributed by atoms with Crippen LogP contribution in [0.3, 0.4) is 0 Å². The van der Waals surface area contributed by atoms with E-state index < -0.39 is 0 Å². The number of nitrogens with one attached hydrogen (secondary N) is 1. The van der Waals surface area contributed by atoms with E-state index >= 15 is 0 Å². The summed E-state index contributed by atoms with van der Waals surface area (Å²) in [5.41, 5.74) is 0.598. The largest absolute Gasteiger partial charge is 0.339 e. The van der Waals surface area contributed by atoms with Crippen molar-refractivity contribution in [2.75, 3.05) is 39.8 Å². The van der Waals surface area contributed by atoms with Gasteiger partial charge < -0.3 is 15.1 Å². The van der Waals surface area contributed by atoms with Crippen LogP contribution < -0.4 is 5.32 Å². The van der Waals surface area contributed by atoms with Crippen LogP contribution in [0.15, 0.2) is 24.3 Å². The first-order chi connectivity index (χ1) is 10.6. The Morgan fingerprint density at radius 3 is 2.43 bits per heavy atom. The van der Waals surface area contributed by atoms with Gasteiger partial charge in [0.25, 0.3) is 5.91 Å². The molecule has 1 N–H and O–H groups in total. The molecule has 1 aliphatic rings. The molecule has 1 aliphatic heterocycles. The van der Waals surface area contributed by atoms with Gasteiger partial charge in [-0.05, 0) is 38.2 Å². The minimum atomic E-state index is -0.0234. The van der Waals surface area contributed by atoms with Gasteiger partial charge in [-0.3, -0.25) is 9.59 Å². The molecule has 0 radical (unpaired) electrons. The van der Waals surface area contributed by atoms with Crippen molar-refractivity contribution in [1.82, 2.24) is 15.1 Å². The van der Waals surface area contributed by atoms with Gasteiger partial charge in [-0.25, -0.2) is 0 Å². The SMILES string of the molecule is CNCCCC(=O)N1CCN(C(=O)c2cccc(Cl)c2)CC1.Cl. The molecule has 0 atom stereocenters. The van der Waals surface area contributed by atoms with Crippen LogP contribution >= 0.6 is 24.0 Å². The normalized spacial score (nSPS) is 14.3. The Morgan fingerprint density at radius 1 is 1.17 bits per heavy atom. The first-order valence-corrected chi connectivity index (χ1v) is 7.97. The molecule has 0 aliphatic carbocycles. The average Bonchev–Trinajstić information content (AvgIpc) is 2.54. The van der Waals surface area contributed by atoms with Crippen molar-refractivity contribution in [1.29, 1.82) is 0 Å². The number of halogens is 2. The molecule has 128 valence electrons. The number of piperazine rings is 1. The van der Waals surface area contributed by atoms with Crippen LogP contribution in [-0.2, 0) is 4.79 Å². The highest BCUT2D eigenvalue weighted by molar-refractivity contribution is 6.30. The maximum atomic E-state index is 12.4. The van der Waals surface area contributed by atoms with Crippen molar-refractivity contribution < 1.29 is 9.59 Å². The topological polar surface area (TPSA) is 52.7 Å². The predicted octanol–water partition coefficient (Wildman–Crippen LogP) is 2.05. The van der Waals surface area contributed by atoms with Crippen LogP contribution in [0.4, 0.5) is 0 Å². The van der Waals surface area contributed by atoms with E-state index in [1.165, 1.54) is 0 Å². The first kappa shape index (κ1) is 19.7. The van der Waals surface area contributed by atoms with Crippen LogP contribution in [0.5, 0.6) is 0 Å². The van der Waals surface area contributed by atoms with Gasteiger partial charge in [-0.1, -0.05) is 17.7 Å². The lowest BCUT2D eigenvalue weighted by Gasteiger charge is -2.35. The van der Waals surface area contributed by atoms with Crippen molar-refractivity contribution in [3.05, 3.63) is 34.9 Å². The number of hydrogen-bond acceptors (Lipinski definition) is 3. The predicted molar refractivity (Wildman–Crippen MR) is 94.3 cm³/mol. The maximum absolute atomic E-state index is 12.4. The number of rotatable bonds is 5. The third-order valence-electron chi connectivity index (χ3n) is 3.81. The molecule has 7 heteroatoms. The third-order valence-corrected chi connectivity index (χ3v) is 4.04. The van der Waals surface area contributed by atoms with Crippen LogP contribution in [0.2, 0.25) is 5.02 Å². The standard InChI is InChI=1S/C16H22ClN3O2.ClH/c1-18-7-3-6-15(21)19-8-10-20(11-9-19)16(22)13-4-2-5-14(17)12-13;/h2,4-5,12,18H,3,6-11H2,1H3;1H. The van der Waals surface area contributed by atoms with Gasteiger partial charge in [-0.15, -0.1) is 12.4 Å². The van der Waals surface area contributed by atoms with Gasteiger partial charge >= 0.3 is 0 Å². The second-order valence-corrected chi connectivity index (χ2v) is 5.83. The van der Waals surface area contributed by atoms with Crippen molar-refractivity contribution >= 4 is 35.8 Å². The second kappa shape index (κ2) is 9.75. The van der Waals surface area contributed by atoms with Crippen molar-refractivity contribution in [2.45, 2.75) is 12.8 Å². The third kappa shape index (κ3) is 5.68. The zero-order valence-corrected chi connectivity index (χ0v) is 14.8. The second-order valence-electron chi connectivity index (χ2n) is 5.39. The molecule has 1 aromatic rings. The summed E-state index contributed by atoms with van der Waals surface area (Å²) in [7, 11) is 1.88. The van der Waals surface area contributed by atoms with Gasteiger partial charge in [0.2, 0.25) is 5.91 Å². The Morgan fingerprint density at radius 2 is 1.83 bits per heavy atom. The van der Waals surface area contributed by atoms with Gasteiger partial charge in [0, 0.05) is 43.2 Å². The van der Waals surface area contributed by atoms with Gasteiger partial charge in [0.05, 0.1) is 0 Å². The van der Waals surface area contributed by atoms with Crippen molar-refractivity contribution in [2.24, 2.45) is 0 Å². The Labute approximate surface area is 148 Å². The fraction of sp³-hybridized carbons (Fsp3) is 0.500. The molecule has 1 fully saturated rings. The molecule has 1 saturated heterocycles. The van der Waals surface area contributed by atoms with Crippen LogP contribution in [0, 0.1) is 0 Å². The molecular weight excluding hydrogens is 337 g/mol. The van der Waals surface area contributed by atoms with E-state index in [1.54, 1.807) is 29.2 Å². The van der Waals surface area contributed by atoms with E-state index in [4.69, 9.17) is 11.6 Å². The highest BCUT2D eigenvalue weighted by atomic mass is 35.5. The van der Waals surface area contributed by atoms with Crippen molar-refractivity contribution in [3.63, 3.8) is 0 Å². The lowest BCUT2D eigenvalue weighted by atomic mass is 10.1. The molecule has 0 unspecified atom stereocenters. The van der Waals surface area contributed by atoms with Crippen molar-refractivity contribution in [3.8, 4) is 0 Å². The summed E-state index contributed by atoms with van der Waals surface area (Å²) in [5.74, 6) is 0.148. The smallest absolute Gasteiger partial charge is 0.254 e. The van der Waals surface area contributed by atoms with Gasteiger partial charge in [-0.2, -0.15) is 0 Å².